The van der Waals surface area contributed by atoms with Crippen LogP contribution in [-0.2, 0) is 9.53 Å². The maximum absolute atomic E-state index is 12.8. The highest BCUT2D eigenvalue weighted by molar-refractivity contribution is 6.31. The molecule has 2 aromatic rings. The molecule has 6 heteroatoms. The Bertz CT molecular complexity index is 845. The third-order valence-corrected chi connectivity index (χ3v) is 3.87. The molecule has 0 amide bonds. The number of fused-ring (bicyclic) bond motifs is 1. The number of hydrogen-bond donors (Lipinski definition) is 1. The SMILES string of the molecule is COC(=O)/C=C1/C[N+]([O-])=C(c2ccccc2)c2cc(Cl)ccc2N1. The number of nitrogens with zero attached hydrogens (tertiary/aromatic N) is 1. The molecule has 0 radical (unpaired) electrons. The molecule has 0 saturated carbocycles. The van der Waals surface area contributed by atoms with Crippen molar-refractivity contribution >= 4 is 29.0 Å². The number of anilines is 1. The van der Waals surface area contributed by atoms with Gasteiger partial charge >= 0.3 is 5.97 Å². The highest BCUT2D eigenvalue weighted by atomic mass is 35.5. The van der Waals surface area contributed by atoms with E-state index >= 15 is 0 Å². The molecule has 2 aromatic carbocycles. The lowest BCUT2D eigenvalue weighted by Gasteiger charge is -2.10. The van der Waals surface area contributed by atoms with Crippen LogP contribution in [0.4, 0.5) is 5.69 Å². The van der Waals surface area contributed by atoms with Crippen molar-refractivity contribution in [3.63, 3.8) is 0 Å². The second kappa shape index (κ2) is 6.76. The molecule has 0 aliphatic carbocycles. The molecular weight excluding hydrogens is 328 g/mol. The lowest BCUT2D eigenvalue weighted by atomic mass is 10.0. The van der Waals surface area contributed by atoms with E-state index in [-0.39, 0.29) is 6.54 Å². The Morgan fingerprint density at radius 3 is 2.75 bits per heavy atom. The van der Waals surface area contributed by atoms with Crippen LogP contribution in [0.1, 0.15) is 11.1 Å². The number of ether oxygens (including phenoxy) is 1. The number of nitrogens with one attached hydrogen (secondary N) is 1. The summed E-state index contributed by atoms with van der Waals surface area (Å²) in [4.78, 5) is 11.5. The first-order valence-corrected chi connectivity index (χ1v) is 7.69. The van der Waals surface area contributed by atoms with Crippen molar-refractivity contribution in [2.75, 3.05) is 19.0 Å². The summed E-state index contributed by atoms with van der Waals surface area (Å²) in [7, 11) is 1.29. The van der Waals surface area contributed by atoms with E-state index < -0.39 is 5.97 Å². The van der Waals surface area contributed by atoms with Crippen LogP contribution in [0.3, 0.4) is 0 Å². The number of carbonyl (C=O) groups is 1. The van der Waals surface area contributed by atoms with Gasteiger partial charge in [0.1, 0.15) is 0 Å². The van der Waals surface area contributed by atoms with E-state index in [9.17, 15) is 10.0 Å². The maximum Gasteiger partial charge on any atom is 0.332 e. The number of benzodiazepines with no additional fused rings is 1. The van der Waals surface area contributed by atoms with Crippen LogP contribution in [0.2, 0.25) is 5.02 Å². The van der Waals surface area contributed by atoms with Crippen molar-refractivity contribution in [1.82, 2.24) is 0 Å². The molecule has 122 valence electrons. The third-order valence-electron chi connectivity index (χ3n) is 3.64. The van der Waals surface area contributed by atoms with E-state index in [0.717, 1.165) is 10.3 Å². The standard InChI is InChI=1S/C18H15ClN2O3/c1-24-17(22)10-14-11-21(23)18(12-5-3-2-4-6-12)15-9-13(19)7-8-16(15)20-14/h2-10,20H,11H2,1H3/b14-10-. The van der Waals surface area contributed by atoms with Crippen LogP contribution >= 0.6 is 11.6 Å². The summed E-state index contributed by atoms with van der Waals surface area (Å²) < 4.78 is 5.49. The number of carbonyl (C=O) groups excluding carboxylic acids is 1. The summed E-state index contributed by atoms with van der Waals surface area (Å²) in [5.41, 5.74) is 3.10. The number of hydrogen-bond acceptors (Lipinski definition) is 4. The van der Waals surface area contributed by atoms with Gasteiger partial charge in [0.2, 0.25) is 5.71 Å². The van der Waals surface area contributed by atoms with Crippen molar-refractivity contribution in [1.29, 1.82) is 0 Å². The van der Waals surface area contributed by atoms with Crippen molar-refractivity contribution in [2.45, 2.75) is 0 Å². The molecular formula is C18H15ClN2O3. The Kier molecular flexibility index (Phi) is 4.53. The van der Waals surface area contributed by atoms with E-state index in [1.165, 1.54) is 13.2 Å². The van der Waals surface area contributed by atoms with Crippen LogP contribution in [0.15, 0.2) is 60.3 Å². The first-order chi connectivity index (χ1) is 11.6. The van der Waals surface area contributed by atoms with Crippen molar-refractivity contribution in [3.05, 3.63) is 81.7 Å². The molecule has 1 aliphatic rings. The molecule has 1 N–H and O–H groups in total. The van der Waals surface area contributed by atoms with Gasteiger partial charge < -0.3 is 15.3 Å². The Hall–Kier alpha value is -2.79. The monoisotopic (exact) mass is 342 g/mol. The van der Waals surface area contributed by atoms with Gasteiger partial charge in [-0.15, -0.1) is 0 Å². The fourth-order valence-corrected chi connectivity index (χ4v) is 2.75. The lowest BCUT2D eigenvalue weighted by Crippen LogP contribution is -2.19. The van der Waals surface area contributed by atoms with Crippen LogP contribution < -0.4 is 5.32 Å². The fourth-order valence-electron chi connectivity index (χ4n) is 2.58. The highest BCUT2D eigenvalue weighted by Gasteiger charge is 2.25. The van der Waals surface area contributed by atoms with E-state index in [1.54, 1.807) is 18.2 Å². The van der Waals surface area contributed by atoms with E-state index in [2.05, 4.69) is 10.1 Å². The Labute approximate surface area is 144 Å². The van der Waals surface area contributed by atoms with Gasteiger partial charge in [-0.1, -0.05) is 29.8 Å². The largest absolute Gasteiger partial charge is 0.623 e. The van der Waals surface area contributed by atoms with Crippen molar-refractivity contribution < 1.29 is 14.3 Å². The number of rotatable bonds is 2. The van der Waals surface area contributed by atoms with Gasteiger partial charge in [0.25, 0.3) is 0 Å². The number of methoxy groups -OCH3 is 1. The molecule has 1 heterocycles. The minimum Gasteiger partial charge on any atom is -0.623 e. The summed E-state index contributed by atoms with van der Waals surface area (Å²) in [5, 5.41) is 16.4. The zero-order valence-corrected chi connectivity index (χ0v) is 13.7. The van der Waals surface area contributed by atoms with Gasteiger partial charge in [0.15, 0.2) is 6.54 Å². The average Bonchev–Trinajstić information content (AvgIpc) is 2.70. The molecule has 0 atom stereocenters. The quantitative estimate of drug-likeness (QED) is 0.394. The van der Waals surface area contributed by atoms with Crippen LogP contribution in [0.25, 0.3) is 0 Å². The van der Waals surface area contributed by atoms with Gasteiger partial charge in [0, 0.05) is 16.7 Å². The number of esters is 1. The number of benzene rings is 2. The van der Waals surface area contributed by atoms with Gasteiger partial charge in [-0.05, 0) is 30.3 Å². The van der Waals surface area contributed by atoms with Gasteiger partial charge in [-0.2, -0.15) is 4.74 Å². The summed E-state index contributed by atoms with van der Waals surface area (Å²) in [6.07, 6.45) is 1.28. The van der Waals surface area contributed by atoms with Crippen LogP contribution in [-0.4, -0.2) is 30.1 Å². The first kappa shape index (κ1) is 16.1. The summed E-state index contributed by atoms with van der Waals surface area (Å²) >= 11 is 6.12. The molecule has 0 bridgehead atoms. The summed E-state index contributed by atoms with van der Waals surface area (Å²) in [5.74, 6) is -0.524. The minimum absolute atomic E-state index is 0.00831. The van der Waals surface area contributed by atoms with Crippen molar-refractivity contribution in [2.24, 2.45) is 0 Å². The molecule has 24 heavy (non-hydrogen) atoms. The van der Waals surface area contributed by atoms with E-state index in [1.807, 2.05) is 30.3 Å². The van der Waals surface area contributed by atoms with Crippen LogP contribution in [0, 0.1) is 5.21 Å². The Balaban J connectivity index is 2.20. The van der Waals surface area contributed by atoms with E-state index in [4.69, 9.17) is 11.6 Å². The second-order valence-corrected chi connectivity index (χ2v) is 5.70. The number of hydroxylamine groups is 1. The van der Waals surface area contributed by atoms with Gasteiger partial charge in [-0.3, -0.25) is 0 Å². The van der Waals surface area contributed by atoms with E-state index in [0.29, 0.717) is 27.7 Å². The molecule has 0 unspecified atom stereocenters. The zero-order chi connectivity index (χ0) is 17.1. The van der Waals surface area contributed by atoms with Crippen LogP contribution in [0.5, 0.6) is 0 Å². The molecule has 1 aliphatic heterocycles. The predicted molar refractivity (Wildman–Crippen MR) is 93.3 cm³/mol. The molecule has 0 aromatic heterocycles. The Morgan fingerprint density at radius 1 is 1.29 bits per heavy atom. The Morgan fingerprint density at radius 2 is 2.04 bits per heavy atom. The maximum atomic E-state index is 12.8. The zero-order valence-electron chi connectivity index (χ0n) is 13.0. The lowest BCUT2D eigenvalue weighted by molar-refractivity contribution is -0.446. The normalized spacial score (nSPS) is 15.5. The fraction of sp³-hybridized carbons (Fsp3) is 0.111. The molecule has 3 rings (SSSR count). The number of halogens is 1. The van der Waals surface area contributed by atoms with Gasteiger partial charge in [-0.25, -0.2) is 4.79 Å². The molecule has 0 spiro atoms. The first-order valence-electron chi connectivity index (χ1n) is 7.31. The summed E-state index contributed by atoms with van der Waals surface area (Å²) in [6, 6.07) is 14.6. The minimum atomic E-state index is -0.524. The third kappa shape index (κ3) is 3.26. The van der Waals surface area contributed by atoms with Gasteiger partial charge in [0.05, 0.1) is 24.1 Å². The average molecular weight is 343 g/mol. The summed E-state index contributed by atoms with van der Waals surface area (Å²) in [6.45, 7) is -0.00831. The predicted octanol–water partition coefficient (Wildman–Crippen LogP) is 3.17. The van der Waals surface area contributed by atoms with Crippen molar-refractivity contribution in [3.8, 4) is 0 Å². The second-order valence-electron chi connectivity index (χ2n) is 5.26. The topological polar surface area (TPSA) is 64.4 Å². The smallest absolute Gasteiger partial charge is 0.332 e. The molecule has 0 saturated heterocycles. The molecule has 5 nitrogen and oxygen atoms in total. The molecule has 0 fully saturated rings. The highest BCUT2D eigenvalue weighted by Crippen LogP contribution is 2.27.